The van der Waals surface area contributed by atoms with Gasteiger partial charge in [0.1, 0.15) is 0 Å². The molecule has 1 aromatic rings. The Balaban J connectivity index is 1.89. The van der Waals surface area contributed by atoms with E-state index in [-0.39, 0.29) is 0 Å². The molecule has 0 spiro atoms. The van der Waals surface area contributed by atoms with Gasteiger partial charge in [0.15, 0.2) is 0 Å². The van der Waals surface area contributed by atoms with Gasteiger partial charge in [0.2, 0.25) is 0 Å². The minimum absolute atomic E-state index is 0.450. The average molecular weight is 281 g/mol. The van der Waals surface area contributed by atoms with Gasteiger partial charge in [0, 0.05) is 48.0 Å². The Morgan fingerprint density at radius 3 is 2.74 bits per heavy atom. The second kappa shape index (κ2) is 6.35. The molecule has 0 saturated carbocycles. The minimum Gasteiger partial charge on any atom is -0.309 e. The highest BCUT2D eigenvalue weighted by Gasteiger charge is 2.22. The van der Waals surface area contributed by atoms with Crippen LogP contribution >= 0.6 is 11.3 Å². The molecule has 2 atom stereocenters. The van der Waals surface area contributed by atoms with Gasteiger partial charge in [-0.2, -0.15) is 0 Å². The second-order valence-electron chi connectivity index (χ2n) is 5.90. The summed E-state index contributed by atoms with van der Waals surface area (Å²) in [5.74, 6) is 0. The number of piperazine rings is 1. The molecule has 0 aromatic carbocycles. The van der Waals surface area contributed by atoms with Crippen LogP contribution in [0.1, 0.15) is 28.3 Å². The van der Waals surface area contributed by atoms with E-state index < -0.39 is 0 Å². The van der Waals surface area contributed by atoms with Crippen LogP contribution in [0.4, 0.5) is 0 Å². The van der Waals surface area contributed by atoms with Crippen molar-refractivity contribution in [2.45, 2.75) is 32.9 Å². The molecule has 1 aliphatic heterocycles. The fraction of sp³-hybridized carbons (Fsp3) is 0.733. The Hall–Kier alpha value is -0.420. The summed E-state index contributed by atoms with van der Waals surface area (Å²) in [5.41, 5.74) is 1.47. The van der Waals surface area contributed by atoms with E-state index in [0.717, 1.165) is 13.1 Å². The summed E-state index contributed by atoms with van der Waals surface area (Å²) in [7, 11) is 4.46. The summed E-state index contributed by atoms with van der Waals surface area (Å²) >= 11 is 1.90. The zero-order chi connectivity index (χ0) is 14.0. The van der Waals surface area contributed by atoms with E-state index in [1.165, 1.54) is 28.4 Å². The average Bonchev–Trinajstić information content (AvgIpc) is 2.69. The molecule has 1 saturated heterocycles. The number of thiophene rings is 1. The number of rotatable bonds is 4. The normalized spacial score (nSPS) is 23.7. The third-order valence-electron chi connectivity index (χ3n) is 4.19. The Labute approximate surface area is 121 Å². The molecule has 1 aliphatic rings. The predicted molar refractivity (Wildman–Crippen MR) is 84.1 cm³/mol. The monoisotopic (exact) mass is 281 g/mol. The molecule has 2 heterocycles. The van der Waals surface area contributed by atoms with Gasteiger partial charge >= 0.3 is 0 Å². The topological polar surface area (TPSA) is 18.5 Å². The molecular weight excluding hydrogens is 254 g/mol. The number of nitrogens with one attached hydrogen (secondary N) is 1. The third-order valence-corrected chi connectivity index (χ3v) is 5.17. The fourth-order valence-electron chi connectivity index (χ4n) is 2.83. The molecule has 1 N–H and O–H groups in total. The van der Waals surface area contributed by atoms with E-state index >= 15 is 0 Å². The van der Waals surface area contributed by atoms with Crippen molar-refractivity contribution in [2.24, 2.45) is 0 Å². The van der Waals surface area contributed by atoms with E-state index in [0.29, 0.717) is 12.1 Å². The zero-order valence-electron chi connectivity index (χ0n) is 12.9. The van der Waals surface area contributed by atoms with Crippen LogP contribution in [0, 0.1) is 13.8 Å². The van der Waals surface area contributed by atoms with Gasteiger partial charge in [-0.3, -0.25) is 4.90 Å². The molecule has 108 valence electrons. The lowest BCUT2D eigenvalue weighted by Crippen LogP contribution is -2.53. The molecule has 2 rings (SSSR count). The highest BCUT2D eigenvalue weighted by molar-refractivity contribution is 7.12. The lowest BCUT2D eigenvalue weighted by molar-refractivity contribution is 0.112. The zero-order valence-corrected chi connectivity index (χ0v) is 13.7. The van der Waals surface area contributed by atoms with Crippen LogP contribution in [0.5, 0.6) is 0 Å². The minimum atomic E-state index is 0.450. The van der Waals surface area contributed by atoms with Crippen LogP contribution in [0.15, 0.2) is 6.07 Å². The van der Waals surface area contributed by atoms with E-state index in [1.54, 1.807) is 0 Å². The van der Waals surface area contributed by atoms with Crippen molar-refractivity contribution in [3.8, 4) is 0 Å². The van der Waals surface area contributed by atoms with E-state index in [9.17, 15) is 0 Å². The first-order chi connectivity index (χ1) is 8.97. The van der Waals surface area contributed by atoms with Gasteiger partial charge < -0.3 is 10.2 Å². The maximum absolute atomic E-state index is 3.71. The molecule has 0 radical (unpaired) electrons. The van der Waals surface area contributed by atoms with Crippen molar-refractivity contribution in [3.63, 3.8) is 0 Å². The van der Waals surface area contributed by atoms with Crippen molar-refractivity contribution < 1.29 is 0 Å². The summed E-state index contributed by atoms with van der Waals surface area (Å²) < 4.78 is 0. The summed E-state index contributed by atoms with van der Waals surface area (Å²) in [5, 5.41) is 3.71. The van der Waals surface area contributed by atoms with Crippen molar-refractivity contribution in [1.29, 1.82) is 0 Å². The molecule has 0 bridgehead atoms. The quantitative estimate of drug-likeness (QED) is 0.913. The van der Waals surface area contributed by atoms with Crippen LogP contribution in [-0.2, 0) is 0 Å². The Kier molecular flexibility index (Phi) is 5.01. The number of nitrogens with zero attached hydrogens (tertiary/aromatic N) is 2. The molecule has 1 fully saturated rings. The molecule has 0 aliphatic carbocycles. The molecule has 3 nitrogen and oxygen atoms in total. The molecule has 2 unspecified atom stereocenters. The van der Waals surface area contributed by atoms with Crippen molar-refractivity contribution in [3.05, 3.63) is 21.4 Å². The van der Waals surface area contributed by atoms with Gasteiger partial charge in [-0.25, -0.2) is 0 Å². The summed E-state index contributed by atoms with van der Waals surface area (Å²) in [6, 6.07) is 3.40. The standard InChI is InChI=1S/C15H27N3S/c1-11-8-15(13(3)19-11)12(2)16-9-14-10-17(4)6-7-18(14)5/h8,12,14,16H,6-7,9-10H2,1-5H3. The highest BCUT2D eigenvalue weighted by Crippen LogP contribution is 2.26. The lowest BCUT2D eigenvalue weighted by Gasteiger charge is -2.38. The highest BCUT2D eigenvalue weighted by atomic mass is 32.1. The molecular formula is C15H27N3S. The Morgan fingerprint density at radius 2 is 2.11 bits per heavy atom. The smallest absolute Gasteiger partial charge is 0.0345 e. The lowest BCUT2D eigenvalue weighted by atomic mass is 10.1. The number of hydrogen-bond donors (Lipinski definition) is 1. The Bertz CT molecular complexity index is 416. The van der Waals surface area contributed by atoms with Crippen LogP contribution in [0.25, 0.3) is 0 Å². The largest absolute Gasteiger partial charge is 0.309 e. The van der Waals surface area contributed by atoms with E-state index in [2.05, 4.69) is 56.0 Å². The van der Waals surface area contributed by atoms with E-state index in [4.69, 9.17) is 0 Å². The molecule has 19 heavy (non-hydrogen) atoms. The predicted octanol–water partition coefficient (Wildman–Crippen LogP) is 2.26. The Morgan fingerprint density at radius 1 is 1.37 bits per heavy atom. The number of likely N-dealkylation sites (N-methyl/N-ethyl adjacent to an activating group) is 2. The van der Waals surface area contributed by atoms with Crippen LogP contribution in [0.2, 0.25) is 0 Å². The first-order valence-corrected chi connectivity index (χ1v) is 7.98. The second-order valence-corrected chi connectivity index (χ2v) is 7.36. The van der Waals surface area contributed by atoms with Crippen LogP contribution < -0.4 is 5.32 Å². The number of aryl methyl sites for hydroxylation is 2. The van der Waals surface area contributed by atoms with Crippen LogP contribution in [-0.4, -0.2) is 56.1 Å². The summed E-state index contributed by atoms with van der Waals surface area (Å²) in [4.78, 5) is 7.77. The molecule has 0 amide bonds. The van der Waals surface area contributed by atoms with E-state index in [1.807, 2.05) is 11.3 Å². The van der Waals surface area contributed by atoms with Gasteiger partial charge in [-0.05, 0) is 46.5 Å². The fourth-order valence-corrected chi connectivity index (χ4v) is 3.85. The first-order valence-electron chi connectivity index (χ1n) is 7.16. The van der Waals surface area contributed by atoms with Gasteiger partial charge in [-0.1, -0.05) is 0 Å². The first kappa shape index (κ1) is 15.0. The van der Waals surface area contributed by atoms with Gasteiger partial charge in [-0.15, -0.1) is 11.3 Å². The third kappa shape index (κ3) is 3.78. The maximum Gasteiger partial charge on any atom is 0.0345 e. The SMILES string of the molecule is Cc1cc(C(C)NCC2CN(C)CCN2C)c(C)s1. The maximum atomic E-state index is 3.71. The van der Waals surface area contributed by atoms with Crippen molar-refractivity contribution in [1.82, 2.24) is 15.1 Å². The number of hydrogen-bond acceptors (Lipinski definition) is 4. The van der Waals surface area contributed by atoms with Gasteiger partial charge in [0.05, 0.1) is 0 Å². The van der Waals surface area contributed by atoms with Crippen molar-refractivity contribution in [2.75, 3.05) is 40.3 Å². The van der Waals surface area contributed by atoms with Gasteiger partial charge in [0.25, 0.3) is 0 Å². The van der Waals surface area contributed by atoms with Crippen molar-refractivity contribution >= 4 is 11.3 Å². The summed E-state index contributed by atoms with van der Waals surface area (Å²) in [6.45, 7) is 11.3. The molecule has 4 heteroatoms. The summed E-state index contributed by atoms with van der Waals surface area (Å²) in [6.07, 6.45) is 0. The van der Waals surface area contributed by atoms with Crippen LogP contribution in [0.3, 0.4) is 0 Å². The molecule has 1 aromatic heterocycles.